The molecular weight excluding hydrogens is 442 g/mol. The van der Waals surface area contributed by atoms with Crippen LogP contribution in [0.2, 0.25) is 0 Å². The lowest BCUT2D eigenvalue weighted by Gasteiger charge is -2.49. The molecule has 3 heterocycles. The van der Waals surface area contributed by atoms with Gasteiger partial charge in [0.05, 0.1) is 17.6 Å². The number of fused-ring (bicyclic) bond motifs is 1. The van der Waals surface area contributed by atoms with Crippen molar-refractivity contribution in [2.45, 2.75) is 22.7 Å². The van der Waals surface area contributed by atoms with Crippen LogP contribution in [-0.4, -0.2) is 72.4 Å². The van der Waals surface area contributed by atoms with Gasteiger partial charge in [-0.15, -0.1) is 33.7 Å². The molecule has 0 bridgehead atoms. The summed E-state index contributed by atoms with van der Waals surface area (Å²) in [6, 6.07) is 1.19. The molecule has 0 saturated carbocycles. The van der Waals surface area contributed by atoms with E-state index < -0.39 is 23.3 Å². The topological polar surface area (TPSA) is 136 Å². The Hall–Kier alpha value is -1.75. The zero-order valence-corrected chi connectivity index (χ0v) is 17.8. The maximum absolute atomic E-state index is 12.5. The number of aromatic nitrogens is 2. The maximum Gasteiger partial charge on any atom is 0.352 e. The first-order chi connectivity index (χ1) is 13.4. The first kappa shape index (κ1) is 21.0. The fourth-order valence-electron chi connectivity index (χ4n) is 2.68. The molecule has 1 fully saturated rings. The molecule has 0 radical (unpaired) electrons. The van der Waals surface area contributed by atoms with Gasteiger partial charge in [0.15, 0.2) is 4.34 Å². The van der Waals surface area contributed by atoms with Crippen molar-refractivity contribution < 1.29 is 19.5 Å². The van der Waals surface area contributed by atoms with Gasteiger partial charge in [-0.1, -0.05) is 23.1 Å². The zero-order chi connectivity index (χ0) is 20.3. The fraction of sp³-hybridized carbons (Fsp3) is 0.467. The molecule has 1 aromatic rings. The summed E-state index contributed by atoms with van der Waals surface area (Å²) in [6.45, 7) is 1.84. The SMILES string of the molecule is Cc1nnc(SCC2=C(C(=O)O)N3C(=O)[C@@H](NC(=O)CSCC#N)[C@H]3SC2)s1. The lowest BCUT2D eigenvalue weighted by atomic mass is 10.0. The number of rotatable bonds is 8. The number of aryl methyl sites for hydroxylation is 1. The van der Waals surface area contributed by atoms with E-state index in [0.29, 0.717) is 17.1 Å². The number of hydrogen-bond donors (Lipinski definition) is 2. The van der Waals surface area contributed by atoms with Gasteiger partial charge in [0, 0.05) is 11.5 Å². The van der Waals surface area contributed by atoms with Crippen LogP contribution in [0.15, 0.2) is 15.6 Å². The summed E-state index contributed by atoms with van der Waals surface area (Å²) in [5.41, 5.74) is 0.640. The normalized spacial score (nSPS) is 21.0. The van der Waals surface area contributed by atoms with Gasteiger partial charge in [-0.25, -0.2) is 4.79 Å². The number of carboxylic acids is 1. The number of carbonyl (C=O) groups excluding carboxylic acids is 2. The summed E-state index contributed by atoms with van der Waals surface area (Å²) < 4.78 is 0.747. The summed E-state index contributed by atoms with van der Waals surface area (Å²) in [5.74, 6) is -0.790. The molecule has 148 valence electrons. The third-order valence-corrected chi connectivity index (χ3v) is 8.04. The van der Waals surface area contributed by atoms with Crippen molar-refractivity contribution in [1.82, 2.24) is 20.4 Å². The van der Waals surface area contributed by atoms with Crippen LogP contribution in [0.1, 0.15) is 5.01 Å². The summed E-state index contributed by atoms with van der Waals surface area (Å²) >= 11 is 5.41. The molecule has 28 heavy (non-hydrogen) atoms. The Bertz CT molecular complexity index is 880. The van der Waals surface area contributed by atoms with E-state index >= 15 is 0 Å². The van der Waals surface area contributed by atoms with Gasteiger partial charge in [-0.3, -0.25) is 14.5 Å². The minimum absolute atomic E-state index is 0.00755. The molecule has 3 rings (SSSR count). The molecule has 2 atom stereocenters. The summed E-state index contributed by atoms with van der Waals surface area (Å²) in [6.07, 6.45) is 0. The van der Waals surface area contributed by atoms with Crippen molar-refractivity contribution in [3.63, 3.8) is 0 Å². The first-order valence-corrected chi connectivity index (χ1v) is 12.0. The second-order valence-electron chi connectivity index (χ2n) is 5.74. The minimum atomic E-state index is -1.16. The van der Waals surface area contributed by atoms with Crippen LogP contribution >= 0.6 is 46.6 Å². The number of hydrogen-bond acceptors (Lipinski definition) is 10. The summed E-state index contributed by atoms with van der Waals surface area (Å²) in [4.78, 5) is 37.5. The van der Waals surface area contributed by atoms with Gasteiger partial charge in [0.25, 0.3) is 5.91 Å². The molecule has 2 aliphatic rings. The molecule has 2 N–H and O–H groups in total. The number of nitrogens with zero attached hydrogens (tertiary/aromatic N) is 4. The van der Waals surface area contributed by atoms with Crippen LogP contribution in [0, 0.1) is 18.3 Å². The van der Waals surface area contributed by atoms with E-state index in [9.17, 15) is 19.5 Å². The molecule has 2 amide bonds. The molecule has 0 aliphatic carbocycles. The van der Waals surface area contributed by atoms with Crippen molar-refractivity contribution >= 4 is 64.4 Å². The second kappa shape index (κ2) is 9.17. The standard InChI is InChI=1S/C15H15N5O4S4/c1-7-18-19-15(28-7)27-5-8-4-26-13-10(17-9(21)6-25-3-2-16)12(22)20(13)11(8)14(23)24/h10,13H,3-6H2,1H3,(H,17,21)(H,23,24)/t10-,13-/m1/s1. The first-order valence-electron chi connectivity index (χ1n) is 7.99. The van der Waals surface area contributed by atoms with Crippen LogP contribution < -0.4 is 5.32 Å². The summed E-state index contributed by atoms with van der Waals surface area (Å²) in [7, 11) is 0. The van der Waals surface area contributed by atoms with Gasteiger partial charge in [0.1, 0.15) is 22.1 Å². The Morgan fingerprint density at radius 2 is 2.25 bits per heavy atom. The van der Waals surface area contributed by atoms with Crippen LogP contribution in [-0.2, 0) is 14.4 Å². The number of nitriles is 1. The van der Waals surface area contributed by atoms with E-state index in [1.165, 1.54) is 39.8 Å². The predicted octanol–water partition coefficient (Wildman–Crippen LogP) is 0.934. The van der Waals surface area contributed by atoms with Crippen molar-refractivity contribution in [1.29, 1.82) is 5.26 Å². The highest BCUT2D eigenvalue weighted by atomic mass is 32.2. The molecule has 9 nitrogen and oxygen atoms in total. The fourth-order valence-corrected chi connectivity index (χ4v) is 6.45. The highest BCUT2D eigenvalue weighted by Gasteiger charge is 2.54. The number of nitrogens with one attached hydrogen (secondary N) is 1. The monoisotopic (exact) mass is 457 g/mol. The number of thioether (sulfide) groups is 3. The van der Waals surface area contributed by atoms with Crippen LogP contribution in [0.5, 0.6) is 0 Å². The van der Waals surface area contributed by atoms with E-state index in [2.05, 4.69) is 15.5 Å². The maximum atomic E-state index is 12.5. The number of carbonyl (C=O) groups is 3. The number of β-lactam (4-membered cyclic amide) rings is 1. The Morgan fingerprint density at radius 1 is 1.46 bits per heavy atom. The third kappa shape index (κ3) is 4.45. The lowest BCUT2D eigenvalue weighted by Crippen LogP contribution is -2.70. The quantitative estimate of drug-likeness (QED) is 0.329. The highest BCUT2D eigenvalue weighted by molar-refractivity contribution is 8.02. The van der Waals surface area contributed by atoms with Crippen molar-refractivity contribution in [3.05, 3.63) is 16.3 Å². The average Bonchev–Trinajstić information content (AvgIpc) is 3.08. The van der Waals surface area contributed by atoms with E-state index in [1.807, 2.05) is 13.0 Å². The molecule has 1 saturated heterocycles. The van der Waals surface area contributed by atoms with E-state index in [-0.39, 0.29) is 23.1 Å². The smallest absolute Gasteiger partial charge is 0.352 e. The Balaban J connectivity index is 1.66. The van der Waals surface area contributed by atoms with Gasteiger partial charge < -0.3 is 10.4 Å². The van der Waals surface area contributed by atoms with E-state index in [1.54, 1.807) is 0 Å². The van der Waals surface area contributed by atoms with Gasteiger partial charge in [0.2, 0.25) is 5.91 Å². The second-order valence-corrected chi connectivity index (χ2v) is 10.2. The van der Waals surface area contributed by atoms with E-state index in [4.69, 9.17) is 5.26 Å². The summed E-state index contributed by atoms with van der Waals surface area (Å²) in [5, 5.41) is 29.1. The molecule has 0 spiro atoms. The minimum Gasteiger partial charge on any atom is -0.477 e. The molecular formula is C15H15N5O4S4. The Morgan fingerprint density at radius 3 is 2.89 bits per heavy atom. The number of carboxylic acid groups (broad SMARTS) is 1. The molecule has 2 aliphatic heterocycles. The third-order valence-electron chi connectivity index (χ3n) is 3.84. The molecule has 0 aromatic carbocycles. The average molecular weight is 458 g/mol. The van der Waals surface area contributed by atoms with Gasteiger partial charge >= 0.3 is 5.97 Å². The number of aliphatic carboxylic acids is 1. The number of amides is 2. The molecule has 13 heteroatoms. The van der Waals surface area contributed by atoms with Crippen molar-refractivity contribution in [2.75, 3.05) is 23.0 Å². The van der Waals surface area contributed by atoms with Crippen molar-refractivity contribution in [3.8, 4) is 6.07 Å². The largest absolute Gasteiger partial charge is 0.477 e. The molecule has 0 unspecified atom stereocenters. The van der Waals surface area contributed by atoms with Crippen LogP contribution in [0.4, 0.5) is 0 Å². The highest BCUT2D eigenvalue weighted by Crippen LogP contribution is 2.41. The van der Waals surface area contributed by atoms with Crippen LogP contribution in [0.25, 0.3) is 0 Å². The van der Waals surface area contributed by atoms with E-state index in [0.717, 1.165) is 21.1 Å². The lowest BCUT2D eigenvalue weighted by molar-refractivity contribution is -0.150. The predicted molar refractivity (Wildman–Crippen MR) is 108 cm³/mol. The van der Waals surface area contributed by atoms with Crippen molar-refractivity contribution in [2.24, 2.45) is 0 Å². The Kier molecular flexibility index (Phi) is 6.86. The van der Waals surface area contributed by atoms with Crippen LogP contribution in [0.3, 0.4) is 0 Å². The molecule has 1 aromatic heterocycles. The van der Waals surface area contributed by atoms with Gasteiger partial charge in [-0.2, -0.15) is 5.26 Å². The Labute approximate surface area is 177 Å². The van der Waals surface area contributed by atoms with Gasteiger partial charge in [-0.05, 0) is 12.5 Å². The zero-order valence-electron chi connectivity index (χ0n) is 14.6.